The van der Waals surface area contributed by atoms with Crippen LogP contribution in [0.1, 0.15) is 5.56 Å². The molecule has 0 fully saturated rings. The standard InChI is InChI=1S/C10H9N.Al.3H/c1-8-4-2-6-10-9(8)5-3-7-11-10;;;;/h2-7H,1H3;;;;. The first-order valence-corrected chi connectivity index (χ1v) is 3.68. The maximum atomic E-state index is 4.24. The predicted molar refractivity (Wildman–Crippen MR) is 56.4 cm³/mol. The first-order valence-electron chi connectivity index (χ1n) is 3.68. The SMILES string of the molecule is Cc1cccc2ncccc12.[AlH3]. The van der Waals surface area contributed by atoms with E-state index in [0.717, 1.165) is 5.52 Å². The molecular formula is C10H12AlN. The molecule has 0 saturated carbocycles. The Hall–Kier alpha value is -0.838. The Morgan fingerprint density at radius 3 is 2.67 bits per heavy atom. The molecule has 0 amide bonds. The van der Waals surface area contributed by atoms with Gasteiger partial charge in [-0.3, -0.25) is 4.98 Å². The lowest BCUT2D eigenvalue weighted by Crippen LogP contribution is -1.79. The first-order chi connectivity index (χ1) is 5.38. The van der Waals surface area contributed by atoms with E-state index < -0.39 is 0 Å². The van der Waals surface area contributed by atoms with E-state index >= 15 is 0 Å². The minimum Gasteiger partial charge on any atom is -0.256 e. The summed E-state index contributed by atoms with van der Waals surface area (Å²) in [6.45, 7) is 2.10. The van der Waals surface area contributed by atoms with Crippen LogP contribution in [0.2, 0.25) is 0 Å². The average molecular weight is 173 g/mol. The zero-order valence-corrected chi connectivity index (χ0v) is 6.41. The van der Waals surface area contributed by atoms with Crippen molar-refractivity contribution in [2.75, 3.05) is 0 Å². The van der Waals surface area contributed by atoms with Crippen molar-refractivity contribution in [2.45, 2.75) is 6.92 Å². The Kier molecular flexibility index (Phi) is 2.86. The summed E-state index contributed by atoms with van der Waals surface area (Å²) in [7, 11) is 0. The van der Waals surface area contributed by atoms with E-state index in [-0.39, 0.29) is 17.4 Å². The van der Waals surface area contributed by atoms with E-state index in [1.54, 1.807) is 0 Å². The molecule has 1 aromatic heterocycles. The number of hydrogen-bond acceptors (Lipinski definition) is 1. The summed E-state index contributed by atoms with van der Waals surface area (Å²) in [5, 5.41) is 1.25. The number of hydrogen-bond donors (Lipinski definition) is 0. The summed E-state index contributed by atoms with van der Waals surface area (Å²) in [5.74, 6) is 0. The van der Waals surface area contributed by atoms with Gasteiger partial charge in [0.25, 0.3) is 0 Å². The lowest BCUT2D eigenvalue weighted by molar-refractivity contribution is 1.39. The average Bonchev–Trinajstić information content (AvgIpc) is 2.06. The fraction of sp³-hybridized carbons (Fsp3) is 0.100. The third kappa shape index (κ3) is 1.50. The lowest BCUT2D eigenvalue weighted by Gasteiger charge is -1.97. The van der Waals surface area contributed by atoms with Gasteiger partial charge in [0, 0.05) is 11.6 Å². The van der Waals surface area contributed by atoms with Crippen LogP contribution in [0.15, 0.2) is 36.5 Å². The second-order valence-electron chi connectivity index (χ2n) is 2.64. The van der Waals surface area contributed by atoms with E-state index in [9.17, 15) is 0 Å². The Balaban J connectivity index is 0.000000720. The number of nitrogens with zero attached hydrogens (tertiary/aromatic N) is 1. The molecule has 1 nitrogen and oxygen atoms in total. The van der Waals surface area contributed by atoms with Crippen molar-refractivity contribution < 1.29 is 0 Å². The van der Waals surface area contributed by atoms with Gasteiger partial charge in [-0.05, 0) is 24.6 Å². The molecule has 0 saturated heterocycles. The van der Waals surface area contributed by atoms with Gasteiger partial charge in [-0.1, -0.05) is 18.2 Å². The number of pyridine rings is 1. The molecule has 0 aliphatic carbocycles. The highest BCUT2D eigenvalue weighted by Crippen LogP contribution is 2.14. The van der Waals surface area contributed by atoms with E-state index in [0.29, 0.717) is 0 Å². The fourth-order valence-corrected chi connectivity index (χ4v) is 1.26. The van der Waals surface area contributed by atoms with E-state index in [1.807, 2.05) is 24.4 Å². The van der Waals surface area contributed by atoms with Gasteiger partial charge in [-0.25, -0.2) is 0 Å². The monoisotopic (exact) mass is 173 g/mol. The third-order valence-electron chi connectivity index (χ3n) is 1.86. The number of fused-ring (bicyclic) bond motifs is 1. The molecule has 60 valence electrons. The maximum Gasteiger partial charge on any atom is 0.187 e. The Bertz CT molecular complexity index is 379. The highest BCUT2D eigenvalue weighted by atomic mass is 27.0. The van der Waals surface area contributed by atoms with Gasteiger partial charge in [0.1, 0.15) is 0 Å². The number of aryl methyl sites for hydroxylation is 1. The minimum atomic E-state index is 0. The van der Waals surface area contributed by atoms with E-state index in [2.05, 4.69) is 24.0 Å². The van der Waals surface area contributed by atoms with Crippen molar-refractivity contribution >= 4 is 28.3 Å². The van der Waals surface area contributed by atoms with Crippen molar-refractivity contribution in [3.8, 4) is 0 Å². The Morgan fingerprint density at radius 2 is 1.92 bits per heavy atom. The second kappa shape index (κ2) is 3.71. The molecule has 1 heterocycles. The van der Waals surface area contributed by atoms with Crippen LogP contribution in [0.3, 0.4) is 0 Å². The van der Waals surface area contributed by atoms with Crippen LogP contribution in [0.5, 0.6) is 0 Å². The van der Waals surface area contributed by atoms with Crippen LogP contribution in [0, 0.1) is 6.92 Å². The zero-order chi connectivity index (χ0) is 7.68. The highest BCUT2D eigenvalue weighted by molar-refractivity contribution is 5.81. The summed E-state index contributed by atoms with van der Waals surface area (Å²) < 4.78 is 0. The molecule has 0 aliphatic heterocycles. The normalized spacial score (nSPS) is 9.42. The van der Waals surface area contributed by atoms with Gasteiger partial charge in [-0.2, -0.15) is 0 Å². The van der Waals surface area contributed by atoms with Crippen LogP contribution in [-0.2, 0) is 0 Å². The van der Waals surface area contributed by atoms with Crippen LogP contribution in [-0.4, -0.2) is 22.3 Å². The van der Waals surface area contributed by atoms with Gasteiger partial charge < -0.3 is 0 Å². The van der Waals surface area contributed by atoms with Crippen molar-refractivity contribution in [3.05, 3.63) is 42.1 Å². The van der Waals surface area contributed by atoms with Gasteiger partial charge in [-0.15, -0.1) is 0 Å². The summed E-state index contributed by atoms with van der Waals surface area (Å²) in [5.41, 5.74) is 2.36. The highest BCUT2D eigenvalue weighted by Gasteiger charge is 1.93. The quantitative estimate of drug-likeness (QED) is 0.548. The Labute approximate surface area is 82.6 Å². The molecule has 0 aliphatic rings. The molecule has 2 aromatic rings. The van der Waals surface area contributed by atoms with Gasteiger partial charge in [0.2, 0.25) is 0 Å². The minimum absolute atomic E-state index is 0. The topological polar surface area (TPSA) is 12.9 Å². The summed E-state index contributed by atoms with van der Waals surface area (Å²) in [6.07, 6.45) is 1.82. The molecule has 12 heavy (non-hydrogen) atoms. The molecule has 2 rings (SSSR count). The van der Waals surface area contributed by atoms with Gasteiger partial charge in [0.15, 0.2) is 17.4 Å². The maximum absolute atomic E-state index is 4.24. The van der Waals surface area contributed by atoms with Crippen LogP contribution in [0.25, 0.3) is 10.9 Å². The zero-order valence-electron chi connectivity index (χ0n) is 6.41. The molecule has 1 aromatic carbocycles. The van der Waals surface area contributed by atoms with E-state index in [1.165, 1.54) is 10.9 Å². The molecular weight excluding hydrogens is 161 g/mol. The van der Waals surface area contributed by atoms with Gasteiger partial charge >= 0.3 is 0 Å². The predicted octanol–water partition coefficient (Wildman–Crippen LogP) is 1.36. The third-order valence-corrected chi connectivity index (χ3v) is 1.86. The van der Waals surface area contributed by atoms with Crippen molar-refractivity contribution in [1.29, 1.82) is 0 Å². The molecule has 0 radical (unpaired) electrons. The fourth-order valence-electron chi connectivity index (χ4n) is 1.26. The van der Waals surface area contributed by atoms with Crippen molar-refractivity contribution in [2.24, 2.45) is 0 Å². The molecule has 0 bridgehead atoms. The summed E-state index contributed by atoms with van der Waals surface area (Å²) >= 11 is 0. The molecule has 0 unspecified atom stereocenters. The van der Waals surface area contributed by atoms with Crippen molar-refractivity contribution in [1.82, 2.24) is 4.98 Å². The van der Waals surface area contributed by atoms with Crippen LogP contribution in [0.4, 0.5) is 0 Å². The number of benzene rings is 1. The van der Waals surface area contributed by atoms with E-state index in [4.69, 9.17) is 0 Å². The van der Waals surface area contributed by atoms with Crippen LogP contribution >= 0.6 is 0 Å². The Morgan fingerprint density at radius 1 is 1.08 bits per heavy atom. The molecule has 0 spiro atoms. The lowest BCUT2D eigenvalue weighted by atomic mass is 10.1. The molecule has 0 atom stereocenters. The van der Waals surface area contributed by atoms with Crippen LogP contribution < -0.4 is 0 Å². The molecule has 2 heteroatoms. The van der Waals surface area contributed by atoms with Crippen molar-refractivity contribution in [3.63, 3.8) is 0 Å². The summed E-state index contributed by atoms with van der Waals surface area (Å²) in [6, 6.07) is 10.2. The smallest absolute Gasteiger partial charge is 0.187 e. The summed E-state index contributed by atoms with van der Waals surface area (Å²) in [4.78, 5) is 4.24. The second-order valence-corrected chi connectivity index (χ2v) is 2.64. The molecule has 0 N–H and O–H groups in total. The largest absolute Gasteiger partial charge is 0.256 e. The number of rotatable bonds is 0. The number of aromatic nitrogens is 1. The first kappa shape index (κ1) is 9.25. The van der Waals surface area contributed by atoms with Gasteiger partial charge in [0.05, 0.1) is 5.52 Å².